The van der Waals surface area contributed by atoms with Crippen molar-refractivity contribution in [2.24, 2.45) is 0 Å². The molecule has 0 aliphatic carbocycles. The fourth-order valence-corrected chi connectivity index (χ4v) is 10.7. The zero-order valence-electron chi connectivity index (χ0n) is 44.7. The van der Waals surface area contributed by atoms with Crippen LogP contribution >= 0.6 is 0 Å². The molecule has 0 heterocycles. The van der Waals surface area contributed by atoms with Crippen molar-refractivity contribution in [3.63, 3.8) is 0 Å². The summed E-state index contributed by atoms with van der Waals surface area (Å²) in [5, 5.41) is 0. The van der Waals surface area contributed by atoms with Crippen LogP contribution in [0.1, 0.15) is 63.7 Å². The molecule has 12 aromatic carbocycles. The summed E-state index contributed by atoms with van der Waals surface area (Å²) in [6.07, 6.45) is 3.46. The summed E-state index contributed by atoms with van der Waals surface area (Å²) in [5.41, 5.74) is 26.3. The van der Waals surface area contributed by atoms with E-state index >= 15 is 0 Å². The zero-order chi connectivity index (χ0) is 55.8. The Hall–Kier alpha value is -10.9. The van der Waals surface area contributed by atoms with Crippen LogP contribution in [0.3, 0.4) is 0 Å². The second-order valence-electron chi connectivity index (χ2n) is 20.3. The van der Waals surface area contributed by atoms with Gasteiger partial charge in [0.2, 0.25) is 0 Å². The Kier molecular flexibility index (Phi) is 14.9. The van der Waals surface area contributed by atoms with Crippen molar-refractivity contribution in [2.75, 3.05) is 0 Å². The quantitative estimate of drug-likeness (QED) is 0.0714. The lowest BCUT2D eigenvalue weighted by Gasteiger charge is -2.20. The maximum absolute atomic E-state index is 11.3. The van der Waals surface area contributed by atoms with Gasteiger partial charge in [0, 0.05) is 22.3 Å². The Bertz CT molecular complexity index is 3670. The van der Waals surface area contributed by atoms with Crippen LogP contribution in [0.25, 0.3) is 100 Å². The van der Waals surface area contributed by atoms with Gasteiger partial charge in [-0.3, -0.25) is 19.2 Å². The van der Waals surface area contributed by atoms with E-state index in [1.165, 1.54) is 0 Å². The summed E-state index contributed by atoms with van der Waals surface area (Å²) in [5.74, 6) is 0. The standard InChI is InChI=1S/C78H52O4/c79-49-53-1-9-57(10-2-53)61-17-25-65(26-18-61)69-33-41-73(42-34-69)77(74-43-35-70(36-44-74)66-27-19-62(20-28-66)58-11-3-54(50-80)4-12-58)78(75-45-37-71(38-46-75)67-29-21-63(22-30-67)59-13-5-55(51-81)6-14-59)76-47-39-72(40-48-76)68-31-23-64(24-32-68)60-15-7-56(52-82)8-16-60/h1-52H. The van der Waals surface area contributed by atoms with Crippen LogP contribution in [0.2, 0.25) is 0 Å². The van der Waals surface area contributed by atoms with Gasteiger partial charge in [-0.1, -0.05) is 291 Å². The van der Waals surface area contributed by atoms with Crippen molar-refractivity contribution in [1.29, 1.82) is 0 Å². The maximum Gasteiger partial charge on any atom is 0.150 e. The highest BCUT2D eigenvalue weighted by atomic mass is 16.1. The maximum atomic E-state index is 11.3. The van der Waals surface area contributed by atoms with Crippen molar-refractivity contribution in [3.05, 3.63) is 336 Å². The second kappa shape index (κ2) is 23.6. The molecule has 12 aromatic rings. The van der Waals surface area contributed by atoms with Gasteiger partial charge in [-0.05, 0) is 122 Å². The summed E-state index contributed by atoms with van der Waals surface area (Å²) >= 11 is 0. The van der Waals surface area contributed by atoms with Gasteiger partial charge in [0.25, 0.3) is 0 Å². The van der Waals surface area contributed by atoms with Gasteiger partial charge in [0.1, 0.15) is 25.1 Å². The number of hydrogen-bond donors (Lipinski definition) is 0. The van der Waals surface area contributed by atoms with E-state index in [9.17, 15) is 19.2 Å². The largest absolute Gasteiger partial charge is 0.298 e. The molecule has 0 radical (unpaired) electrons. The molecule has 0 saturated heterocycles. The number of rotatable bonds is 16. The Morgan fingerprint density at radius 2 is 0.244 bits per heavy atom. The van der Waals surface area contributed by atoms with E-state index in [1.54, 1.807) is 0 Å². The second-order valence-corrected chi connectivity index (χ2v) is 20.3. The van der Waals surface area contributed by atoms with Crippen molar-refractivity contribution >= 4 is 36.3 Å². The lowest BCUT2D eigenvalue weighted by atomic mass is 9.84. The molecule has 0 unspecified atom stereocenters. The molecule has 0 atom stereocenters. The predicted molar refractivity (Wildman–Crippen MR) is 336 cm³/mol. The van der Waals surface area contributed by atoms with Gasteiger partial charge in [0.15, 0.2) is 0 Å². The molecule has 0 aliphatic heterocycles. The number of carbonyl (C=O) groups is 4. The minimum atomic E-state index is 0.651. The molecule has 82 heavy (non-hydrogen) atoms. The van der Waals surface area contributed by atoms with E-state index in [0.717, 1.165) is 148 Å². The molecule has 0 fully saturated rings. The Morgan fingerprint density at radius 3 is 0.354 bits per heavy atom. The van der Waals surface area contributed by atoms with Gasteiger partial charge < -0.3 is 0 Å². The molecule has 0 aromatic heterocycles. The summed E-state index contributed by atoms with van der Waals surface area (Å²) < 4.78 is 0. The molecule has 4 nitrogen and oxygen atoms in total. The highest BCUT2D eigenvalue weighted by Gasteiger charge is 2.19. The fraction of sp³-hybridized carbons (Fsp3) is 0. The molecule has 0 bridgehead atoms. The van der Waals surface area contributed by atoms with E-state index in [4.69, 9.17) is 0 Å². The van der Waals surface area contributed by atoms with Gasteiger partial charge in [0.05, 0.1) is 0 Å². The molecule has 0 aliphatic rings. The lowest BCUT2D eigenvalue weighted by Crippen LogP contribution is -1.98. The van der Waals surface area contributed by atoms with Crippen LogP contribution in [0.15, 0.2) is 291 Å². The molecule has 0 N–H and O–H groups in total. The van der Waals surface area contributed by atoms with Crippen LogP contribution < -0.4 is 0 Å². The Morgan fingerprint density at radius 1 is 0.146 bits per heavy atom. The zero-order valence-corrected chi connectivity index (χ0v) is 44.7. The minimum Gasteiger partial charge on any atom is -0.298 e. The SMILES string of the molecule is O=Cc1ccc(-c2ccc(-c3ccc(C(=C(c4ccc(-c5ccc(-c6ccc(C=O)cc6)cc5)cc4)c4ccc(-c5ccc(-c6ccc(C=O)cc6)cc5)cc4)c4ccc(-c5ccc(-c6ccc(C=O)cc6)cc5)cc4)cc3)cc2)cc1. The first kappa shape index (κ1) is 51.8. The monoisotopic (exact) mass is 1050 g/mol. The highest BCUT2D eigenvalue weighted by Crippen LogP contribution is 2.41. The molecular weight excluding hydrogens is 1000 g/mol. The summed E-state index contributed by atoms with van der Waals surface area (Å²) in [7, 11) is 0. The number of carbonyl (C=O) groups excluding carboxylic acids is 4. The third-order valence-electron chi connectivity index (χ3n) is 15.3. The van der Waals surface area contributed by atoms with E-state index < -0.39 is 0 Å². The lowest BCUT2D eigenvalue weighted by molar-refractivity contribution is 0.111. The first-order valence-corrected chi connectivity index (χ1v) is 27.2. The average Bonchev–Trinajstić information content (AvgIpc) is 3.66. The van der Waals surface area contributed by atoms with Crippen LogP contribution in [-0.4, -0.2) is 25.1 Å². The van der Waals surface area contributed by atoms with Crippen LogP contribution in [0.4, 0.5) is 0 Å². The van der Waals surface area contributed by atoms with E-state index in [2.05, 4.69) is 194 Å². The van der Waals surface area contributed by atoms with Crippen molar-refractivity contribution in [3.8, 4) is 89.0 Å². The molecule has 4 heteroatoms. The van der Waals surface area contributed by atoms with Gasteiger partial charge in [-0.2, -0.15) is 0 Å². The fourth-order valence-electron chi connectivity index (χ4n) is 10.7. The third kappa shape index (κ3) is 11.2. The topological polar surface area (TPSA) is 68.3 Å². The smallest absolute Gasteiger partial charge is 0.150 e. The van der Waals surface area contributed by atoms with Crippen molar-refractivity contribution in [2.45, 2.75) is 0 Å². The molecule has 0 spiro atoms. The Balaban J connectivity index is 0.951. The number of benzene rings is 12. The summed E-state index contributed by atoms with van der Waals surface area (Å²) in [6.45, 7) is 0. The normalized spacial score (nSPS) is 10.9. The molecule has 0 saturated carbocycles. The van der Waals surface area contributed by atoms with Gasteiger partial charge in [-0.25, -0.2) is 0 Å². The minimum absolute atomic E-state index is 0.651. The number of aldehydes is 4. The van der Waals surface area contributed by atoms with Gasteiger partial charge in [-0.15, -0.1) is 0 Å². The molecular formula is C78H52O4. The van der Waals surface area contributed by atoms with E-state index in [-0.39, 0.29) is 0 Å². The summed E-state index contributed by atoms with van der Waals surface area (Å²) in [4.78, 5) is 45.3. The molecule has 0 amide bonds. The first-order valence-electron chi connectivity index (χ1n) is 27.2. The molecule has 388 valence electrons. The first-order chi connectivity index (χ1) is 40.4. The Labute approximate surface area is 477 Å². The van der Waals surface area contributed by atoms with E-state index in [1.807, 2.05) is 97.1 Å². The highest BCUT2D eigenvalue weighted by molar-refractivity contribution is 6.05. The van der Waals surface area contributed by atoms with E-state index in [0.29, 0.717) is 22.3 Å². The number of hydrogen-bond acceptors (Lipinski definition) is 4. The third-order valence-corrected chi connectivity index (χ3v) is 15.3. The van der Waals surface area contributed by atoms with Crippen molar-refractivity contribution < 1.29 is 19.2 Å². The van der Waals surface area contributed by atoms with Gasteiger partial charge >= 0.3 is 0 Å². The molecule has 12 rings (SSSR count). The average molecular weight is 1050 g/mol. The van der Waals surface area contributed by atoms with Crippen molar-refractivity contribution in [1.82, 2.24) is 0 Å². The van der Waals surface area contributed by atoms with Crippen LogP contribution in [0, 0.1) is 0 Å². The van der Waals surface area contributed by atoms with Crippen LogP contribution in [0.5, 0.6) is 0 Å². The summed E-state index contributed by atoms with van der Waals surface area (Å²) in [6, 6.07) is 100. The predicted octanol–water partition coefficient (Wildman–Crippen LogP) is 19.3. The van der Waals surface area contributed by atoms with Crippen LogP contribution in [-0.2, 0) is 0 Å².